The molecular formula is C31H24Cl4N4O6S. The van der Waals surface area contributed by atoms with E-state index < -0.39 is 39.9 Å². The fourth-order valence-corrected chi connectivity index (χ4v) is 7.87. The number of amides is 2. The molecule has 0 bridgehead atoms. The second-order valence-electron chi connectivity index (χ2n) is 10.4. The Kier molecular flexibility index (Phi) is 10.2. The molecule has 0 saturated heterocycles. The number of pyridine rings is 1. The largest absolute Gasteiger partial charge is 0.480 e. The van der Waals surface area contributed by atoms with Gasteiger partial charge in [0.1, 0.15) is 12.1 Å². The zero-order valence-corrected chi connectivity index (χ0v) is 27.4. The van der Waals surface area contributed by atoms with E-state index in [1.807, 2.05) is 0 Å². The number of carboxylic acids is 1. The van der Waals surface area contributed by atoms with Crippen molar-refractivity contribution in [3.05, 3.63) is 121 Å². The number of carboxylic acid groups (broad SMARTS) is 1. The number of aromatic nitrogens is 1. The highest BCUT2D eigenvalue weighted by molar-refractivity contribution is 7.89. The number of nitrogens with one attached hydrogen (secondary N) is 2. The normalized spacial score (nSPS) is 15.4. The summed E-state index contributed by atoms with van der Waals surface area (Å²) >= 11 is 24.3. The smallest absolute Gasteiger partial charge is 0.326 e. The number of sulfonamides is 1. The predicted molar refractivity (Wildman–Crippen MR) is 175 cm³/mol. The number of nitrogens with zero attached hydrogens (tertiary/aromatic N) is 2. The summed E-state index contributed by atoms with van der Waals surface area (Å²) in [6.07, 6.45) is 2.47. The first-order chi connectivity index (χ1) is 21.8. The van der Waals surface area contributed by atoms with Crippen molar-refractivity contribution in [2.75, 3.05) is 5.32 Å². The Bertz CT molecular complexity index is 1900. The van der Waals surface area contributed by atoms with Crippen LogP contribution in [0.1, 0.15) is 27.0 Å². The van der Waals surface area contributed by atoms with E-state index in [1.54, 1.807) is 48.5 Å². The van der Waals surface area contributed by atoms with Crippen LogP contribution in [0.15, 0.2) is 84.0 Å². The van der Waals surface area contributed by atoms with Crippen LogP contribution in [0.2, 0.25) is 20.1 Å². The van der Waals surface area contributed by atoms with Crippen molar-refractivity contribution in [2.45, 2.75) is 36.4 Å². The zero-order chi connectivity index (χ0) is 33.2. The Balaban J connectivity index is 1.35. The molecule has 0 radical (unpaired) electrons. The maximum Gasteiger partial charge on any atom is 0.326 e. The SMILES string of the molecule is O=C(Nc1ccc(CC(NC(=O)C2Cc3ccccc3CN2S(=O)(=O)c2cc(Cl)cc(Cl)c2)C(=O)O)cc1)c1c(Cl)cncc1Cl. The number of hydrogen-bond acceptors (Lipinski definition) is 6. The summed E-state index contributed by atoms with van der Waals surface area (Å²) in [5, 5.41) is 15.5. The minimum atomic E-state index is -4.30. The van der Waals surface area contributed by atoms with Crippen molar-refractivity contribution in [1.82, 2.24) is 14.6 Å². The molecule has 2 heterocycles. The van der Waals surface area contributed by atoms with Crippen LogP contribution < -0.4 is 10.6 Å². The van der Waals surface area contributed by atoms with Crippen molar-refractivity contribution < 1.29 is 27.9 Å². The van der Waals surface area contributed by atoms with E-state index in [-0.39, 0.29) is 49.9 Å². The third-order valence-corrected chi connectivity index (χ3v) is 10.1. The molecular weight excluding hydrogens is 698 g/mol. The van der Waals surface area contributed by atoms with Crippen LogP contribution >= 0.6 is 46.4 Å². The second-order valence-corrected chi connectivity index (χ2v) is 14.0. The van der Waals surface area contributed by atoms with Gasteiger partial charge < -0.3 is 15.7 Å². The Hall–Kier alpha value is -3.71. The lowest BCUT2D eigenvalue weighted by Crippen LogP contribution is -2.55. The molecule has 3 aromatic carbocycles. The lowest BCUT2D eigenvalue weighted by Gasteiger charge is -2.35. The lowest BCUT2D eigenvalue weighted by atomic mass is 9.95. The van der Waals surface area contributed by atoms with Crippen molar-refractivity contribution in [3.63, 3.8) is 0 Å². The highest BCUT2D eigenvalue weighted by Crippen LogP contribution is 2.32. The first kappa shape index (κ1) is 33.6. The summed E-state index contributed by atoms with van der Waals surface area (Å²) in [5.41, 5.74) is 2.43. The summed E-state index contributed by atoms with van der Waals surface area (Å²) < 4.78 is 28.7. The molecule has 10 nitrogen and oxygen atoms in total. The van der Waals surface area contributed by atoms with Gasteiger partial charge in [0.15, 0.2) is 0 Å². The van der Waals surface area contributed by atoms with Gasteiger partial charge in [-0.2, -0.15) is 4.31 Å². The molecule has 4 aromatic rings. The quantitative estimate of drug-likeness (QED) is 0.196. The van der Waals surface area contributed by atoms with E-state index in [9.17, 15) is 27.9 Å². The van der Waals surface area contributed by atoms with Crippen LogP contribution in [0.3, 0.4) is 0 Å². The third-order valence-electron chi connectivity index (χ3n) is 7.30. The predicted octanol–water partition coefficient (Wildman–Crippen LogP) is 5.88. The van der Waals surface area contributed by atoms with Crippen LogP contribution in [0.5, 0.6) is 0 Å². The minimum Gasteiger partial charge on any atom is -0.480 e. The van der Waals surface area contributed by atoms with Crippen LogP contribution in [0, 0.1) is 0 Å². The van der Waals surface area contributed by atoms with E-state index in [2.05, 4.69) is 15.6 Å². The van der Waals surface area contributed by atoms with Gasteiger partial charge in [0.2, 0.25) is 15.9 Å². The van der Waals surface area contributed by atoms with E-state index in [4.69, 9.17) is 46.4 Å². The molecule has 2 unspecified atom stereocenters. The first-order valence-corrected chi connectivity index (χ1v) is 16.6. The molecule has 0 spiro atoms. The van der Waals surface area contributed by atoms with Gasteiger partial charge in [-0.15, -0.1) is 0 Å². The van der Waals surface area contributed by atoms with Gasteiger partial charge in [-0.3, -0.25) is 14.6 Å². The van der Waals surface area contributed by atoms with Gasteiger partial charge in [-0.1, -0.05) is 82.8 Å². The van der Waals surface area contributed by atoms with Gasteiger partial charge in [0.25, 0.3) is 5.91 Å². The summed E-state index contributed by atoms with van der Waals surface area (Å²) in [7, 11) is -4.30. The van der Waals surface area contributed by atoms with Crippen LogP contribution in [0.4, 0.5) is 5.69 Å². The van der Waals surface area contributed by atoms with Gasteiger partial charge in [0.05, 0.1) is 20.5 Å². The molecule has 0 saturated carbocycles. The van der Waals surface area contributed by atoms with Crippen molar-refractivity contribution in [1.29, 1.82) is 0 Å². The summed E-state index contributed by atoms with van der Waals surface area (Å²) in [6, 6.07) is 14.6. The van der Waals surface area contributed by atoms with Gasteiger partial charge >= 0.3 is 5.97 Å². The molecule has 0 fully saturated rings. The summed E-state index contributed by atoms with van der Waals surface area (Å²) in [5.74, 6) is -2.66. The number of halogens is 4. The standard InChI is InChI=1S/C31H24Cl4N4O6S/c32-20-11-21(33)13-23(12-20)46(44,45)39-16-19-4-2-1-3-18(19)10-27(39)29(40)38-26(31(42)43)9-17-5-7-22(8-6-17)37-30(41)28-24(34)14-36-15-25(28)35/h1-8,11-15,26-27H,9-10,16H2,(H,37,41)(H,38,40)(H,42,43). The summed E-state index contributed by atoms with van der Waals surface area (Å²) in [4.78, 5) is 42.3. The Morgan fingerprint density at radius 1 is 0.913 bits per heavy atom. The second kappa shape index (κ2) is 14.0. The van der Waals surface area contributed by atoms with E-state index in [0.29, 0.717) is 16.8 Å². The first-order valence-electron chi connectivity index (χ1n) is 13.6. The fraction of sp³-hybridized carbons (Fsp3) is 0.161. The Morgan fingerprint density at radius 2 is 1.52 bits per heavy atom. The Morgan fingerprint density at radius 3 is 2.13 bits per heavy atom. The van der Waals surface area contributed by atoms with Crippen LogP contribution in [0.25, 0.3) is 0 Å². The number of aliphatic carboxylic acids is 1. The van der Waals surface area contributed by atoms with Crippen molar-refractivity contribution in [2.24, 2.45) is 0 Å². The Labute approximate surface area is 284 Å². The number of anilines is 1. The maximum atomic E-state index is 13.8. The number of fused-ring (bicyclic) bond motifs is 1. The van der Waals surface area contributed by atoms with Crippen molar-refractivity contribution >= 4 is 79.9 Å². The average molecular weight is 722 g/mol. The van der Waals surface area contributed by atoms with E-state index in [1.165, 1.54) is 30.6 Å². The molecule has 1 aliphatic heterocycles. The van der Waals surface area contributed by atoms with Gasteiger partial charge in [0, 0.05) is 41.1 Å². The number of hydrogen-bond donors (Lipinski definition) is 3. The molecule has 15 heteroatoms. The van der Waals surface area contributed by atoms with E-state index in [0.717, 1.165) is 9.87 Å². The molecule has 2 amide bonds. The molecule has 1 aliphatic rings. The fourth-order valence-electron chi connectivity index (χ4n) is 5.04. The topological polar surface area (TPSA) is 146 Å². The zero-order valence-electron chi connectivity index (χ0n) is 23.6. The third kappa shape index (κ3) is 7.46. The van der Waals surface area contributed by atoms with Gasteiger partial charge in [-0.25, -0.2) is 13.2 Å². The molecule has 1 aromatic heterocycles. The molecule has 238 valence electrons. The van der Waals surface area contributed by atoms with Crippen LogP contribution in [-0.2, 0) is 39.0 Å². The number of benzene rings is 3. The highest BCUT2D eigenvalue weighted by atomic mass is 35.5. The molecule has 5 rings (SSSR count). The van der Waals surface area contributed by atoms with Gasteiger partial charge in [-0.05, 0) is 53.4 Å². The summed E-state index contributed by atoms with van der Waals surface area (Å²) in [6.45, 7) is -0.123. The highest BCUT2D eigenvalue weighted by Gasteiger charge is 2.41. The maximum absolute atomic E-state index is 13.8. The lowest BCUT2D eigenvalue weighted by molar-refractivity contribution is -0.142. The molecule has 0 aliphatic carbocycles. The minimum absolute atomic E-state index is 0.0157. The van der Waals surface area contributed by atoms with Crippen LogP contribution in [-0.4, -0.2) is 52.7 Å². The molecule has 3 N–H and O–H groups in total. The van der Waals surface area contributed by atoms with E-state index >= 15 is 0 Å². The number of carbonyl (C=O) groups is 3. The average Bonchev–Trinajstić information content (AvgIpc) is 3.00. The molecule has 2 atom stereocenters. The number of rotatable bonds is 9. The van der Waals surface area contributed by atoms with Crippen molar-refractivity contribution in [3.8, 4) is 0 Å². The monoisotopic (exact) mass is 720 g/mol. The molecule has 46 heavy (non-hydrogen) atoms. The number of carbonyl (C=O) groups excluding carboxylic acids is 2.